The van der Waals surface area contributed by atoms with Crippen molar-refractivity contribution in [1.82, 2.24) is 10.2 Å². The third-order valence-corrected chi connectivity index (χ3v) is 4.75. The van der Waals surface area contributed by atoms with Crippen molar-refractivity contribution in [1.29, 1.82) is 0 Å². The number of ether oxygens (including phenoxy) is 1. The van der Waals surface area contributed by atoms with Gasteiger partial charge in [0, 0.05) is 37.9 Å². The van der Waals surface area contributed by atoms with Crippen LogP contribution in [-0.2, 0) is 6.54 Å². The fraction of sp³-hybridized carbons (Fsp3) is 0.381. The third-order valence-electron chi connectivity index (χ3n) is 4.75. The quantitative estimate of drug-likeness (QED) is 0.684. The first kappa shape index (κ1) is 19.9. The summed E-state index contributed by atoms with van der Waals surface area (Å²) in [6.45, 7) is 2.80. The molecule has 7 heteroatoms. The van der Waals surface area contributed by atoms with Gasteiger partial charge in [0.25, 0.3) is 0 Å². The molecule has 6 nitrogen and oxygen atoms in total. The fourth-order valence-electron chi connectivity index (χ4n) is 3.18. The van der Waals surface area contributed by atoms with Crippen LogP contribution in [0.3, 0.4) is 0 Å². The number of urea groups is 1. The Morgan fingerprint density at radius 2 is 1.79 bits per heavy atom. The van der Waals surface area contributed by atoms with E-state index in [0.717, 1.165) is 29.8 Å². The molecule has 2 aromatic rings. The second-order valence-electron chi connectivity index (χ2n) is 6.85. The van der Waals surface area contributed by atoms with Gasteiger partial charge in [-0.15, -0.1) is 0 Å². The molecule has 150 valence electrons. The maximum absolute atomic E-state index is 12.9. The minimum absolute atomic E-state index is 0.0795. The van der Waals surface area contributed by atoms with Crippen molar-refractivity contribution in [3.63, 3.8) is 0 Å². The molecule has 2 amide bonds. The summed E-state index contributed by atoms with van der Waals surface area (Å²) in [6.07, 6.45) is 1.77. The molecule has 1 saturated heterocycles. The lowest BCUT2D eigenvalue weighted by molar-refractivity contribution is 0.183. The first-order valence-electron chi connectivity index (χ1n) is 9.61. The van der Waals surface area contributed by atoms with Crippen molar-refractivity contribution in [2.75, 3.05) is 31.6 Å². The van der Waals surface area contributed by atoms with Crippen molar-refractivity contribution in [2.45, 2.75) is 25.4 Å². The largest absolute Gasteiger partial charge is 0.492 e. The number of nitrogens with two attached hydrogens (primary N) is 1. The topological polar surface area (TPSA) is 79.6 Å². The molecule has 1 aliphatic heterocycles. The van der Waals surface area contributed by atoms with Gasteiger partial charge in [0.05, 0.1) is 0 Å². The van der Waals surface area contributed by atoms with Crippen molar-refractivity contribution in [3.8, 4) is 5.75 Å². The lowest BCUT2D eigenvalue weighted by Crippen LogP contribution is -2.46. The number of anilines is 1. The van der Waals surface area contributed by atoms with E-state index in [-0.39, 0.29) is 11.8 Å². The van der Waals surface area contributed by atoms with Gasteiger partial charge in [0.15, 0.2) is 0 Å². The van der Waals surface area contributed by atoms with E-state index in [2.05, 4.69) is 10.6 Å². The molecular formula is C21H27FN4O2. The zero-order chi connectivity index (χ0) is 19.8. The Bertz CT molecular complexity index is 744. The third kappa shape index (κ3) is 5.85. The van der Waals surface area contributed by atoms with Crippen LogP contribution >= 0.6 is 0 Å². The van der Waals surface area contributed by atoms with Crippen LogP contribution in [0.4, 0.5) is 14.9 Å². The Morgan fingerprint density at radius 1 is 1.11 bits per heavy atom. The molecular weight excluding hydrogens is 359 g/mol. The Labute approximate surface area is 164 Å². The molecule has 1 heterocycles. The maximum Gasteiger partial charge on any atom is 0.317 e. The van der Waals surface area contributed by atoms with E-state index >= 15 is 0 Å². The Kier molecular flexibility index (Phi) is 7.08. The molecule has 0 saturated carbocycles. The van der Waals surface area contributed by atoms with E-state index in [1.54, 1.807) is 12.1 Å². The molecule has 2 aromatic carbocycles. The van der Waals surface area contributed by atoms with Crippen LogP contribution in [-0.4, -0.2) is 43.2 Å². The number of benzene rings is 2. The molecule has 1 fully saturated rings. The SMILES string of the molecule is NCCOc1ccc(NC2CCN(C(=O)NCc3ccc(F)cc3)CC2)cc1. The number of amides is 2. The van der Waals surface area contributed by atoms with Gasteiger partial charge in [-0.05, 0) is 54.8 Å². The second-order valence-corrected chi connectivity index (χ2v) is 6.85. The lowest BCUT2D eigenvalue weighted by atomic mass is 10.0. The number of likely N-dealkylation sites (tertiary alicyclic amines) is 1. The van der Waals surface area contributed by atoms with Gasteiger partial charge < -0.3 is 26.0 Å². The van der Waals surface area contributed by atoms with Crippen molar-refractivity contribution in [2.24, 2.45) is 5.73 Å². The Hall–Kier alpha value is -2.80. The summed E-state index contributed by atoms with van der Waals surface area (Å²) in [7, 11) is 0. The van der Waals surface area contributed by atoms with E-state index in [1.165, 1.54) is 12.1 Å². The van der Waals surface area contributed by atoms with Gasteiger partial charge >= 0.3 is 6.03 Å². The van der Waals surface area contributed by atoms with Gasteiger partial charge in [-0.1, -0.05) is 12.1 Å². The molecule has 28 heavy (non-hydrogen) atoms. The van der Waals surface area contributed by atoms with Crippen molar-refractivity contribution < 1.29 is 13.9 Å². The molecule has 0 bridgehead atoms. The minimum Gasteiger partial charge on any atom is -0.492 e. The summed E-state index contributed by atoms with van der Waals surface area (Å²) < 4.78 is 18.4. The number of carbonyl (C=O) groups excluding carboxylic acids is 1. The minimum atomic E-state index is -0.276. The normalized spacial score (nSPS) is 14.6. The molecule has 0 unspecified atom stereocenters. The van der Waals surface area contributed by atoms with E-state index in [4.69, 9.17) is 10.5 Å². The second kappa shape index (κ2) is 9.94. The van der Waals surface area contributed by atoms with E-state index in [0.29, 0.717) is 38.8 Å². The van der Waals surface area contributed by atoms with Crippen molar-refractivity contribution >= 4 is 11.7 Å². The first-order valence-corrected chi connectivity index (χ1v) is 9.61. The van der Waals surface area contributed by atoms with Crippen LogP contribution in [0.15, 0.2) is 48.5 Å². The number of hydrogen-bond acceptors (Lipinski definition) is 4. The molecule has 4 N–H and O–H groups in total. The van der Waals surface area contributed by atoms with Crippen molar-refractivity contribution in [3.05, 3.63) is 59.9 Å². The van der Waals surface area contributed by atoms with Gasteiger partial charge in [-0.3, -0.25) is 0 Å². The van der Waals surface area contributed by atoms with E-state index < -0.39 is 0 Å². The first-order chi connectivity index (χ1) is 13.6. The number of piperidine rings is 1. The zero-order valence-electron chi connectivity index (χ0n) is 15.9. The highest BCUT2D eigenvalue weighted by Crippen LogP contribution is 2.20. The number of nitrogens with one attached hydrogen (secondary N) is 2. The molecule has 3 rings (SSSR count). The fourth-order valence-corrected chi connectivity index (χ4v) is 3.18. The predicted molar refractivity (Wildman–Crippen MR) is 108 cm³/mol. The number of halogens is 1. The summed E-state index contributed by atoms with van der Waals surface area (Å²) >= 11 is 0. The molecule has 0 aliphatic carbocycles. The standard InChI is InChI=1S/C21H27FN4O2/c22-17-3-1-16(2-4-17)15-24-21(27)26-12-9-19(10-13-26)25-18-5-7-20(8-6-18)28-14-11-23/h1-8,19,25H,9-15,23H2,(H,24,27). The average Bonchev–Trinajstić information content (AvgIpc) is 2.73. The summed E-state index contributed by atoms with van der Waals surface area (Å²) in [5.74, 6) is 0.533. The van der Waals surface area contributed by atoms with Gasteiger partial charge in [0.1, 0.15) is 18.2 Å². The van der Waals surface area contributed by atoms with E-state index in [1.807, 2.05) is 29.2 Å². The monoisotopic (exact) mass is 386 g/mol. The van der Waals surface area contributed by atoms with Crippen LogP contribution in [0.2, 0.25) is 0 Å². The van der Waals surface area contributed by atoms with Crippen LogP contribution in [0.25, 0.3) is 0 Å². The van der Waals surface area contributed by atoms with Crippen LogP contribution in [0.1, 0.15) is 18.4 Å². The van der Waals surface area contributed by atoms with E-state index in [9.17, 15) is 9.18 Å². The highest BCUT2D eigenvalue weighted by molar-refractivity contribution is 5.74. The van der Waals surface area contributed by atoms with Crippen LogP contribution in [0, 0.1) is 5.82 Å². The summed E-state index contributed by atoms with van der Waals surface area (Å²) in [5, 5.41) is 6.41. The summed E-state index contributed by atoms with van der Waals surface area (Å²) in [6, 6.07) is 14.2. The Morgan fingerprint density at radius 3 is 2.43 bits per heavy atom. The van der Waals surface area contributed by atoms with Gasteiger partial charge in [0.2, 0.25) is 0 Å². The van der Waals surface area contributed by atoms with Gasteiger partial charge in [-0.2, -0.15) is 0 Å². The predicted octanol–water partition coefficient (Wildman–Crippen LogP) is 2.95. The van der Waals surface area contributed by atoms with Gasteiger partial charge in [-0.25, -0.2) is 9.18 Å². The highest BCUT2D eigenvalue weighted by Gasteiger charge is 2.22. The number of rotatable bonds is 7. The number of hydrogen-bond donors (Lipinski definition) is 3. The smallest absolute Gasteiger partial charge is 0.317 e. The molecule has 0 radical (unpaired) electrons. The molecule has 0 aromatic heterocycles. The maximum atomic E-state index is 12.9. The lowest BCUT2D eigenvalue weighted by Gasteiger charge is -2.33. The zero-order valence-corrected chi connectivity index (χ0v) is 15.9. The van der Waals surface area contributed by atoms with Crippen LogP contribution in [0.5, 0.6) is 5.75 Å². The molecule has 0 atom stereocenters. The molecule has 0 spiro atoms. The summed E-state index contributed by atoms with van der Waals surface area (Å²) in [5.41, 5.74) is 7.35. The van der Waals surface area contributed by atoms with Crippen LogP contribution < -0.4 is 21.1 Å². The number of nitrogens with zero attached hydrogens (tertiary/aromatic N) is 1. The molecule has 1 aliphatic rings. The Balaban J connectivity index is 1.40. The number of carbonyl (C=O) groups is 1. The average molecular weight is 386 g/mol. The summed E-state index contributed by atoms with van der Waals surface area (Å²) in [4.78, 5) is 14.1. The highest BCUT2D eigenvalue weighted by atomic mass is 19.1.